The number of benzene rings is 7. The van der Waals surface area contributed by atoms with Crippen molar-refractivity contribution in [2.75, 3.05) is 12.4 Å². The number of nitrogens with one attached hydrogen (secondary N) is 1. The Labute approximate surface area is 340 Å². The zero-order chi connectivity index (χ0) is 39.0. The minimum atomic E-state index is 0.754. The van der Waals surface area contributed by atoms with Gasteiger partial charge in [-0.2, -0.15) is 0 Å². The van der Waals surface area contributed by atoms with Gasteiger partial charge >= 0.3 is 0 Å². The van der Waals surface area contributed by atoms with Crippen molar-refractivity contribution >= 4 is 82.9 Å². The van der Waals surface area contributed by atoms with Crippen LogP contribution >= 0.6 is 11.3 Å². The van der Waals surface area contributed by atoms with Crippen molar-refractivity contribution in [1.82, 2.24) is 9.55 Å². The van der Waals surface area contributed by atoms with Crippen molar-refractivity contribution in [3.63, 3.8) is 0 Å². The van der Waals surface area contributed by atoms with Gasteiger partial charge < -0.3 is 9.88 Å². The van der Waals surface area contributed by atoms with E-state index in [9.17, 15) is 0 Å². The Morgan fingerprint density at radius 2 is 1.34 bits per heavy atom. The summed E-state index contributed by atoms with van der Waals surface area (Å²) in [4.78, 5) is 14.6. The third kappa shape index (κ3) is 6.26. The molecule has 0 atom stereocenters. The molecule has 10 aromatic rings. The van der Waals surface area contributed by atoms with Crippen LogP contribution in [0.15, 0.2) is 198 Å². The lowest BCUT2D eigenvalue weighted by atomic mass is 9.95. The van der Waals surface area contributed by atoms with Gasteiger partial charge in [0, 0.05) is 67.7 Å². The Bertz CT molecular complexity index is 3230. The van der Waals surface area contributed by atoms with Gasteiger partial charge in [0.1, 0.15) is 0 Å². The van der Waals surface area contributed by atoms with Crippen molar-refractivity contribution in [2.24, 2.45) is 9.98 Å². The SMILES string of the molecule is C=N/C(=C\C(=Nc1ccc(-c2ccc3c(c2)c2ccccc2n3-c2ccc3sc4cccnc4c3c2)cc1-c1ccccc1NC)c1ccccc1)c1ccccc1. The first-order valence-corrected chi connectivity index (χ1v) is 20.1. The van der Waals surface area contributed by atoms with E-state index < -0.39 is 0 Å². The first-order chi connectivity index (χ1) is 28.7. The predicted octanol–water partition coefficient (Wildman–Crippen LogP) is 13.8. The molecule has 0 aliphatic heterocycles. The Morgan fingerprint density at radius 3 is 2.17 bits per heavy atom. The van der Waals surface area contributed by atoms with Crippen molar-refractivity contribution in [3.05, 3.63) is 199 Å². The molecule has 0 saturated heterocycles. The predicted molar refractivity (Wildman–Crippen MR) is 248 cm³/mol. The smallest absolute Gasteiger partial charge is 0.0889 e. The Hall–Kier alpha value is -7.41. The van der Waals surface area contributed by atoms with Gasteiger partial charge in [0.2, 0.25) is 0 Å². The lowest BCUT2D eigenvalue weighted by Gasteiger charge is -2.15. The molecule has 58 heavy (non-hydrogen) atoms. The van der Waals surface area contributed by atoms with E-state index in [1.165, 1.54) is 31.1 Å². The number of anilines is 1. The molecule has 1 N–H and O–H groups in total. The van der Waals surface area contributed by atoms with Crippen LogP contribution in [0.2, 0.25) is 0 Å². The summed E-state index contributed by atoms with van der Waals surface area (Å²) < 4.78 is 4.82. The molecule has 3 aromatic heterocycles. The summed E-state index contributed by atoms with van der Waals surface area (Å²) in [7, 11) is 1.96. The average Bonchev–Trinajstić information content (AvgIpc) is 3.83. The molecule has 0 radical (unpaired) electrons. The van der Waals surface area contributed by atoms with Crippen LogP contribution in [-0.4, -0.2) is 29.0 Å². The number of allylic oxidation sites excluding steroid dienone is 1. The molecule has 0 bridgehead atoms. The Kier molecular flexibility index (Phi) is 9.01. The number of aromatic nitrogens is 2. The lowest BCUT2D eigenvalue weighted by Crippen LogP contribution is -1.99. The molecule has 10 rings (SSSR count). The van der Waals surface area contributed by atoms with Gasteiger partial charge in [-0.3, -0.25) is 9.98 Å². The summed E-state index contributed by atoms with van der Waals surface area (Å²) in [6.07, 6.45) is 3.91. The first kappa shape index (κ1) is 35.0. The first-order valence-electron chi connectivity index (χ1n) is 19.3. The maximum Gasteiger partial charge on any atom is 0.0889 e. The zero-order valence-electron chi connectivity index (χ0n) is 31.8. The molecule has 3 heterocycles. The number of aliphatic imine (C=N–C) groups is 2. The van der Waals surface area contributed by atoms with Gasteiger partial charge in [0.15, 0.2) is 0 Å². The molecule has 5 nitrogen and oxygen atoms in total. The van der Waals surface area contributed by atoms with Crippen LogP contribution in [0.4, 0.5) is 11.4 Å². The number of rotatable bonds is 9. The summed E-state index contributed by atoms with van der Waals surface area (Å²) in [6.45, 7) is 3.92. The normalized spacial score (nSPS) is 12.2. The molecular weight excluding hydrogens is 727 g/mol. The molecule has 0 aliphatic carbocycles. The molecule has 0 saturated carbocycles. The number of para-hydroxylation sites is 2. The molecule has 0 aliphatic rings. The standard InChI is InChI=1S/C52H37N5S/c1-53-44-20-11-9-18-39(44)41-30-36(23-26-45(41)56-47(35-16-7-4-8-17-35)33-46(54-2)34-14-5-3-6-15-34)37-24-27-49-42(31-37)40-19-10-12-21-48(40)57(49)38-25-28-50-43(32-38)52-51(58-50)22-13-29-55-52/h3-33,53H,2H2,1H3/b46-33-,56-47?. The minimum Gasteiger partial charge on any atom is -0.388 e. The highest BCUT2D eigenvalue weighted by Crippen LogP contribution is 2.41. The van der Waals surface area contributed by atoms with E-state index in [4.69, 9.17) is 9.98 Å². The molecule has 0 unspecified atom stereocenters. The largest absolute Gasteiger partial charge is 0.388 e. The monoisotopic (exact) mass is 763 g/mol. The van der Waals surface area contributed by atoms with Crippen molar-refractivity contribution < 1.29 is 0 Å². The molecular formula is C52H37N5S. The topological polar surface area (TPSA) is 54.6 Å². The van der Waals surface area contributed by atoms with Gasteiger partial charge in [0.25, 0.3) is 0 Å². The van der Waals surface area contributed by atoms with Gasteiger partial charge in [0.05, 0.1) is 38.3 Å². The lowest BCUT2D eigenvalue weighted by molar-refractivity contribution is 1.19. The summed E-state index contributed by atoms with van der Waals surface area (Å²) in [6, 6.07) is 61.8. The van der Waals surface area contributed by atoms with Gasteiger partial charge in [-0.1, -0.05) is 109 Å². The molecule has 6 heteroatoms. The number of thiophene rings is 1. The fraction of sp³-hybridized carbons (Fsp3) is 0.0192. The van der Waals surface area contributed by atoms with Gasteiger partial charge in [-0.05, 0) is 90.7 Å². The van der Waals surface area contributed by atoms with E-state index in [0.29, 0.717) is 0 Å². The number of pyridine rings is 1. The van der Waals surface area contributed by atoms with E-state index >= 15 is 0 Å². The Morgan fingerprint density at radius 1 is 0.621 bits per heavy atom. The van der Waals surface area contributed by atoms with Crippen molar-refractivity contribution in [2.45, 2.75) is 0 Å². The highest BCUT2D eigenvalue weighted by Gasteiger charge is 2.17. The quantitative estimate of drug-likeness (QED) is 0.149. The van der Waals surface area contributed by atoms with Crippen LogP contribution in [-0.2, 0) is 0 Å². The van der Waals surface area contributed by atoms with Crippen LogP contribution < -0.4 is 5.32 Å². The Balaban J connectivity index is 1.14. The third-order valence-corrected chi connectivity index (χ3v) is 11.9. The van der Waals surface area contributed by atoms with E-state index in [1.54, 1.807) is 11.3 Å². The maximum atomic E-state index is 5.41. The van der Waals surface area contributed by atoms with E-state index in [1.807, 2.05) is 73.9 Å². The minimum absolute atomic E-state index is 0.754. The maximum absolute atomic E-state index is 5.41. The van der Waals surface area contributed by atoms with Crippen LogP contribution in [0, 0.1) is 0 Å². The second-order valence-electron chi connectivity index (χ2n) is 14.2. The van der Waals surface area contributed by atoms with Crippen LogP contribution in [0.3, 0.4) is 0 Å². The molecule has 7 aromatic carbocycles. The number of nitrogens with zero attached hydrogens (tertiary/aromatic N) is 4. The second-order valence-corrected chi connectivity index (χ2v) is 15.2. The summed E-state index contributed by atoms with van der Waals surface area (Å²) in [5.74, 6) is 0. The van der Waals surface area contributed by atoms with Crippen LogP contribution in [0.1, 0.15) is 11.1 Å². The summed E-state index contributed by atoms with van der Waals surface area (Å²) in [5, 5.41) is 7.01. The zero-order valence-corrected chi connectivity index (χ0v) is 32.6. The summed E-state index contributed by atoms with van der Waals surface area (Å²) in [5.41, 5.74) is 14.2. The second kappa shape index (κ2) is 14.9. The average molecular weight is 764 g/mol. The molecule has 0 spiro atoms. The van der Waals surface area contributed by atoms with E-state index in [-0.39, 0.29) is 0 Å². The highest BCUT2D eigenvalue weighted by molar-refractivity contribution is 7.25. The van der Waals surface area contributed by atoms with Gasteiger partial charge in [-0.25, -0.2) is 4.99 Å². The number of hydrogen-bond donors (Lipinski definition) is 1. The van der Waals surface area contributed by atoms with Crippen LogP contribution in [0.25, 0.3) is 75.7 Å². The highest BCUT2D eigenvalue weighted by atomic mass is 32.1. The summed E-state index contributed by atoms with van der Waals surface area (Å²) >= 11 is 1.79. The number of hydrogen-bond acceptors (Lipinski definition) is 5. The van der Waals surface area contributed by atoms with Crippen molar-refractivity contribution in [3.8, 4) is 27.9 Å². The van der Waals surface area contributed by atoms with Crippen molar-refractivity contribution in [1.29, 1.82) is 0 Å². The molecule has 0 fully saturated rings. The number of fused-ring (bicyclic) bond motifs is 6. The molecule has 0 amide bonds. The van der Waals surface area contributed by atoms with Crippen LogP contribution in [0.5, 0.6) is 0 Å². The fourth-order valence-electron chi connectivity index (χ4n) is 8.00. The van der Waals surface area contributed by atoms with Gasteiger partial charge in [-0.15, -0.1) is 11.3 Å². The van der Waals surface area contributed by atoms with E-state index in [0.717, 1.165) is 72.9 Å². The van der Waals surface area contributed by atoms with E-state index in [2.05, 4.69) is 143 Å². The third-order valence-electron chi connectivity index (χ3n) is 10.8. The molecule has 276 valence electrons. The fourth-order valence-corrected chi connectivity index (χ4v) is 9.04.